The maximum atomic E-state index is 4.63. The maximum Gasteiger partial charge on any atom is 0.136 e. The molecule has 4 rings (SSSR count). The summed E-state index contributed by atoms with van der Waals surface area (Å²) >= 11 is 0. The molecular weight excluding hydrogens is 272 g/mol. The summed E-state index contributed by atoms with van der Waals surface area (Å²) in [5.74, 6) is 1.15. The van der Waals surface area contributed by atoms with E-state index in [1.165, 1.54) is 43.5 Å². The van der Waals surface area contributed by atoms with Gasteiger partial charge in [0.1, 0.15) is 5.82 Å². The van der Waals surface area contributed by atoms with Crippen LogP contribution >= 0.6 is 0 Å². The Bertz CT molecular complexity index is 637. The number of nitrogens with zero attached hydrogens (tertiary/aromatic N) is 4. The molecule has 2 aromatic rings. The molecule has 1 aromatic heterocycles. The van der Waals surface area contributed by atoms with E-state index in [0.29, 0.717) is 6.04 Å². The van der Waals surface area contributed by atoms with Crippen LogP contribution in [0.3, 0.4) is 0 Å². The van der Waals surface area contributed by atoms with E-state index in [9.17, 15) is 0 Å². The van der Waals surface area contributed by atoms with Gasteiger partial charge in [0, 0.05) is 56.9 Å². The van der Waals surface area contributed by atoms with Crippen LogP contribution in [0.4, 0.5) is 5.82 Å². The van der Waals surface area contributed by atoms with Crippen molar-refractivity contribution in [3.8, 4) is 0 Å². The first-order chi connectivity index (χ1) is 10.8. The molecule has 0 bridgehead atoms. The van der Waals surface area contributed by atoms with Gasteiger partial charge in [0.2, 0.25) is 0 Å². The Labute approximate surface area is 132 Å². The van der Waals surface area contributed by atoms with E-state index in [4.69, 9.17) is 0 Å². The van der Waals surface area contributed by atoms with Crippen molar-refractivity contribution in [1.29, 1.82) is 0 Å². The summed E-state index contributed by atoms with van der Waals surface area (Å²) in [5, 5.41) is 2.56. The van der Waals surface area contributed by atoms with Crippen molar-refractivity contribution in [2.24, 2.45) is 0 Å². The number of anilines is 1. The molecular formula is C18H24N4. The van der Waals surface area contributed by atoms with Crippen LogP contribution in [-0.4, -0.2) is 66.6 Å². The van der Waals surface area contributed by atoms with Gasteiger partial charge in [0.05, 0.1) is 0 Å². The highest BCUT2D eigenvalue weighted by atomic mass is 15.4. The maximum absolute atomic E-state index is 4.63. The predicted octanol–water partition coefficient (Wildman–Crippen LogP) is 2.06. The first-order valence-electron chi connectivity index (χ1n) is 8.40. The lowest BCUT2D eigenvalue weighted by atomic mass is 10.0. The standard InChI is InChI=1S/C18H24N4/c1-2-20-9-11-21(12-10-20)16-13-22(14-16)18-17-6-4-3-5-15(17)7-8-19-18/h3-8,16H,2,9-14H2,1H3. The lowest BCUT2D eigenvalue weighted by Crippen LogP contribution is -2.63. The Morgan fingerprint density at radius 3 is 2.59 bits per heavy atom. The molecule has 0 aliphatic carbocycles. The van der Waals surface area contributed by atoms with Crippen LogP contribution in [0.5, 0.6) is 0 Å². The molecule has 22 heavy (non-hydrogen) atoms. The van der Waals surface area contributed by atoms with Crippen LogP contribution in [0.25, 0.3) is 10.8 Å². The van der Waals surface area contributed by atoms with E-state index in [-0.39, 0.29) is 0 Å². The Balaban J connectivity index is 1.43. The minimum Gasteiger partial charge on any atom is -0.353 e. The largest absolute Gasteiger partial charge is 0.353 e. The molecule has 4 heteroatoms. The third-order valence-corrected chi connectivity index (χ3v) is 5.18. The first kappa shape index (κ1) is 14.0. The lowest BCUT2D eigenvalue weighted by Gasteiger charge is -2.48. The third kappa shape index (κ3) is 2.46. The van der Waals surface area contributed by atoms with Crippen molar-refractivity contribution in [3.63, 3.8) is 0 Å². The first-order valence-corrected chi connectivity index (χ1v) is 8.40. The molecule has 0 amide bonds. The van der Waals surface area contributed by atoms with Crippen LogP contribution in [-0.2, 0) is 0 Å². The molecule has 2 aliphatic heterocycles. The number of rotatable bonds is 3. The summed E-state index contributed by atoms with van der Waals surface area (Å²) in [6.07, 6.45) is 1.94. The summed E-state index contributed by atoms with van der Waals surface area (Å²) < 4.78 is 0. The molecule has 2 fully saturated rings. The number of hydrogen-bond donors (Lipinski definition) is 0. The van der Waals surface area contributed by atoms with E-state index in [1.54, 1.807) is 0 Å². The van der Waals surface area contributed by atoms with Gasteiger partial charge < -0.3 is 9.80 Å². The van der Waals surface area contributed by atoms with Gasteiger partial charge in [-0.2, -0.15) is 0 Å². The van der Waals surface area contributed by atoms with Gasteiger partial charge in [-0.3, -0.25) is 4.90 Å². The third-order valence-electron chi connectivity index (χ3n) is 5.18. The second-order valence-corrected chi connectivity index (χ2v) is 6.38. The van der Waals surface area contributed by atoms with Crippen LogP contribution < -0.4 is 4.90 Å². The van der Waals surface area contributed by atoms with Crippen molar-refractivity contribution in [1.82, 2.24) is 14.8 Å². The molecule has 116 valence electrons. The molecule has 1 aromatic carbocycles. The highest BCUT2D eigenvalue weighted by Gasteiger charge is 2.34. The molecule has 0 N–H and O–H groups in total. The van der Waals surface area contributed by atoms with Crippen LogP contribution in [0.1, 0.15) is 6.92 Å². The van der Waals surface area contributed by atoms with E-state index in [2.05, 4.69) is 56.9 Å². The minimum atomic E-state index is 0.708. The smallest absolute Gasteiger partial charge is 0.136 e. The quantitative estimate of drug-likeness (QED) is 0.864. The number of pyridine rings is 1. The zero-order valence-corrected chi connectivity index (χ0v) is 13.3. The zero-order valence-electron chi connectivity index (χ0n) is 13.3. The topological polar surface area (TPSA) is 22.6 Å². The van der Waals surface area contributed by atoms with E-state index in [0.717, 1.165) is 18.9 Å². The van der Waals surface area contributed by atoms with Gasteiger partial charge in [-0.25, -0.2) is 4.98 Å². The van der Waals surface area contributed by atoms with Crippen molar-refractivity contribution >= 4 is 16.6 Å². The average molecular weight is 296 g/mol. The zero-order chi connectivity index (χ0) is 14.9. The highest BCUT2D eigenvalue weighted by molar-refractivity contribution is 5.92. The minimum absolute atomic E-state index is 0.708. The summed E-state index contributed by atoms with van der Waals surface area (Å²) in [6, 6.07) is 11.4. The summed E-state index contributed by atoms with van der Waals surface area (Å²) in [5.41, 5.74) is 0. The molecule has 2 saturated heterocycles. The second-order valence-electron chi connectivity index (χ2n) is 6.38. The molecule has 0 atom stereocenters. The molecule has 3 heterocycles. The normalized spacial score (nSPS) is 21.2. The Morgan fingerprint density at radius 2 is 1.82 bits per heavy atom. The van der Waals surface area contributed by atoms with E-state index >= 15 is 0 Å². The van der Waals surface area contributed by atoms with Crippen molar-refractivity contribution in [3.05, 3.63) is 36.5 Å². The Kier molecular flexibility index (Phi) is 3.72. The fourth-order valence-electron chi connectivity index (χ4n) is 3.66. The Hall–Kier alpha value is -1.65. The fourth-order valence-corrected chi connectivity index (χ4v) is 3.66. The van der Waals surface area contributed by atoms with Crippen molar-refractivity contribution < 1.29 is 0 Å². The summed E-state index contributed by atoms with van der Waals surface area (Å²) in [4.78, 5) is 12.3. The number of aromatic nitrogens is 1. The summed E-state index contributed by atoms with van der Waals surface area (Å²) in [7, 11) is 0. The molecule has 0 saturated carbocycles. The number of fused-ring (bicyclic) bond motifs is 1. The highest BCUT2D eigenvalue weighted by Crippen LogP contribution is 2.29. The second kappa shape index (κ2) is 5.86. The summed E-state index contributed by atoms with van der Waals surface area (Å²) in [6.45, 7) is 10.6. The van der Waals surface area contributed by atoms with Gasteiger partial charge in [-0.05, 0) is 18.0 Å². The predicted molar refractivity (Wildman–Crippen MR) is 91.4 cm³/mol. The number of likely N-dealkylation sites (N-methyl/N-ethyl adjacent to an activating group) is 1. The monoisotopic (exact) mass is 296 g/mol. The number of hydrogen-bond acceptors (Lipinski definition) is 4. The molecule has 0 unspecified atom stereocenters. The van der Waals surface area contributed by atoms with Crippen LogP contribution in [0.15, 0.2) is 36.5 Å². The van der Waals surface area contributed by atoms with Gasteiger partial charge in [0.15, 0.2) is 0 Å². The number of benzene rings is 1. The molecule has 4 nitrogen and oxygen atoms in total. The van der Waals surface area contributed by atoms with Gasteiger partial charge in [-0.15, -0.1) is 0 Å². The van der Waals surface area contributed by atoms with Gasteiger partial charge in [0.25, 0.3) is 0 Å². The van der Waals surface area contributed by atoms with E-state index in [1.807, 2.05) is 6.20 Å². The molecule has 0 spiro atoms. The fraction of sp³-hybridized carbons (Fsp3) is 0.500. The molecule has 2 aliphatic rings. The van der Waals surface area contributed by atoms with Gasteiger partial charge >= 0.3 is 0 Å². The van der Waals surface area contributed by atoms with Gasteiger partial charge in [-0.1, -0.05) is 31.2 Å². The average Bonchev–Trinajstić information content (AvgIpc) is 2.54. The number of piperazine rings is 1. The van der Waals surface area contributed by atoms with Crippen molar-refractivity contribution in [2.45, 2.75) is 13.0 Å². The van der Waals surface area contributed by atoms with Crippen LogP contribution in [0, 0.1) is 0 Å². The van der Waals surface area contributed by atoms with E-state index < -0.39 is 0 Å². The lowest BCUT2D eigenvalue weighted by molar-refractivity contribution is 0.0860. The van der Waals surface area contributed by atoms with Crippen LogP contribution in [0.2, 0.25) is 0 Å². The molecule has 0 radical (unpaired) electrons. The SMILES string of the molecule is CCN1CCN(C2CN(c3nccc4ccccc34)C2)CC1. The Morgan fingerprint density at radius 1 is 1.05 bits per heavy atom. The van der Waals surface area contributed by atoms with Crippen molar-refractivity contribution in [2.75, 3.05) is 50.7 Å².